The predicted molar refractivity (Wildman–Crippen MR) is 83.9 cm³/mol. The molecule has 0 amide bonds. The highest BCUT2D eigenvalue weighted by atomic mass is 32.2. The second-order valence-corrected chi connectivity index (χ2v) is 7.92. The molecule has 0 aromatic carbocycles. The van der Waals surface area contributed by atoms with Crippen molar-refractivity contribution in [2.45, 2.75) is 31.8 Å². The van der Waals surface area contributed by atoms with Crippen LogP contribution in [0.4, 0.5) is 0 Å². The van der Waals surface area contributed by atoms with Crippen molar-refractivity contribution in [1.82, 2.24) is 9.62 Å². The zero-order valence-corrected chi connectivity index (χ0v) is 14.3. The summed E-state index contributed by atoms with van der Waals surface area (Å²) in [6.07, 6.45) is 0. The van der Waals surface area contributed by atoms with Gasteiger partial charge in [0.05, 0.1) is 6.54 Å². The minimum Gasteiger partial charge on any atom is -0.465 e. The van der Waals surface area contributed by atoms with Crippen LogP contribution in [0, 0.1) is 13.8 Å². The van der Waals surface area contributed by atoms with E-state index in [1.165, 1.54) is 15.6 Å². The molecular weight excluding hydrogens is 308 g/mol. The second-order valence-electron chi connectivity index (χ2n) is 4.97. The number of nitrogens with zero attached hydrogens (tertiary/aromatic N) is 1. The molecule has 0 unspecified atom stereocenters. The molecular formula is C14H20N2O3S2. The van der Waals surface area contributed by atoms with Gasteiger partial charge in [-0.15, -0.1) is 11.3 Å². The van der Waals surface area contributed by atoms with Crippen molar-refractivity contribution in [3.8, 4) is 0 Å². The molecule has 0 aliphatic rings. The third kappa shape index (κ3) is 3.37. The molecule has 0 radical (unpaired) electrons. The van der Waals surface area contributed by atoms with Crippen molar-refractivity contribution >= 4 is 21.4 Å². The van der Waals surface area contributed by atoms with Gasteiger partial charge < -0.3 is 9.73 Å². The van der Waals surface area contributed by atoms with E-state index in [0.29, 0.717) is 17.2 Å². The molecule has 0 saturated carbocycles. The Hall–Kier alpha value is -1.15. The average molecular weight is 328 g/mol. The first-order valence-corrected chi connectivity index (χ1v) is 8.91. The highest BCUT2D eigenvalue weighted by molar-refractivity contribution is 7.89. The highest BCUT2D eigenvalue weighted by Gasteiger charge is 2.27. The van der Waals surface area contributed by atoms with Crippen molar-refractivity contribution in [1.29, 1.82) is 0 Å². The Bertz CT molecular complexity index is 716. The van der Waals surface area contributed by atoms with Crippen molar-refractivity contribution in [3.05, 3.63) is 39.5 Å². The quantitative estimate of drug-likeness (QED) is 0.885. The predicted octanol–water partition coefficient (Wildman–Crippen LogP) is 2.50. The van der Waals surface area contributed by atoms with E-state index < -0.39 is 10.0 Å². The first-order chi connectivity index (χ1) is 9.86. The molecule has 2 aromatic heterocycles. The molecule has 0 saturated heterocycles. The zero-order chi connectivity index (χ0) is 15.6. The number of nitrogens with one attached hydrogen (secondary N) is 1. The zero-order valence-electron chi connectivity index (χ0n) is 12.6. The minimum atomic E-state index is -3.52. The normalized spacial score (nSPS) is 12.2. The molecule has 0 fully saturated rings. The van der Waals surface area contributed by atoms with Gasteiger partial charge in [0.2, 0.25) is 10.0 Å². The maximum Gasteiger partial charge on any atom is 0.244 e. The SMILES string of the molecule is CNCc1scc(C)c1S(=O)(=O)N(C)Cc1ccc(C)o1. The van der Waals surface area contributed by atoms with E-state index in [2.05, 4.69) is 5.32 Å². The summed E-state index contributed by atoms with van der Waals surface area (Å²) in [6, 6.07) is 3.63. The molecule has 21 heavy (non-hydrogen) atoms. The van der Waals surface area contributed by atoms with Gasteiger partial charge in [-0.25, -0.2) is 8.42 Å². The van der Waals surface area contributed by atoms with Crippen LogP contribution in [0.5, 0.6) is 0 Å². The van der Waals surface area contributed by atoms with Crippen molar-refractivity contribution in [2.24, 2.45) is 0 Å². The Labute approximate surface area is 129 Å². The van der Waals surface area contributed by atoms with E-state index in [-0.39, 0.29) is 6.54 Å². The van der Waals surface area contributed by atoms with E-state index in [0.717, 1.165) is 16.2 Å². The van der Waals surface area contributed by atoms with Crippen LogP contribution < -0.4 is 5.32 Å². The van der Waals surface area contributed by atoms with Crippen LogP contribution in [0.1, 0.15) is 22.0 Å². The number of sulfonamides is 1. The summed E-state index contributed by atoms with van der Waals surface area (Å²) in [6.45, 7) is 4.44. The van der Waals surface area contributed by atoms with Crippen LogP contribution in [0.2, 0.25) is 0 Å². The summed E-state index contributed by atoms with van der Waals surface area (Å²) in [4.78, 5) is 1.24. The number of hydrogen-bond acceptors (Lipinski definition) is 5. The number of furan rings is 1. The average Bonchev–Trinajstić information content (AvgIpc) is 2.97. The molecule has 2 rings (SSSR count). The molecule has 0 spiro atoms. The molecule has 0 bridgehead atoms. The lowest BCUT2D eigenvalue weighted by molar-refractivity contribution is 0.397. The van der Waals surface area contributed by atoms with Crippen molar-refractivity contribution in [2.75, 3.05) is 14.1 Å². The van der Waals surface area contributed by atoms with Gasteiger partial charge >= 0.3 is 0 Å². The summed E-state index contributed by atoms with van der Waals surface area (Å²) >= 11 is 1.46. The standard InChI is InChI=1S/C14H20N2O3S2/c1-10-9-20-13(7-15-3)14(10)21(17,18)16(4)8-12-6-5-11(2)19-12/h5-6,9,15H,7-8H2,1-4H3. The molecule has 1 N–H and O–H groups in total. The molecule has 0 aliphatic carbocycles. The summed E-state index contributed by atoms with van der Waals surface area (Å²) in [5, 5.41) is 4.89. The van der Waals surface area contributed by atoms with Gasteiger partial charge in [-0.3, -0.25) is 0 Å². The van der Waals surface area contributed by atoms with Crippen LogP contribution in [-0.2, 0) is 23.1 Å². The van der Waals surface area contributed by atoms with Gasteiger partial charge in [0.1, 0.15) is 16.4 Å². The smallest absolute Gasteiger partial charge is 0.244 e. The van der Waals surface area contributed by atoms with Crippen LogP contribution in [0.3, 0.4) is 0 Å². The van der Waals surface area contributed by atoms with Gasteiger partial charge in [0.15, 0.2) is 0 Å². The van der Waals surface area contributed by atoms with Crippen LogP contribution in [0.15, 0.2) is 26.8 Å². The molecule has 2 heterocycles. The number of aryl methyl sites for hydroxylation is 2. The molecule has 0 atom stereocenters. The van der Waals surface area contributed by atoms with Gasteiger partial charge in [-0.2, -0.15) is 4.31 Å². The number of rotatable bonds is 6. The van der Waals surface area contributed by atoms with E-state index in [1.807, 2.05) is 25.3 Å². The number of hydrogen-bond donors (Lipinski definition) is 1. The Balaban J connectivity index is 2.30. The Kier molecular flexibility index (Phi) is 4.88. The van der Waals surface area contributed by atoms with Crippen LogP contribution >= 0.6 is 11.3 Å². The van der Waals surface area contributed by atoms with Crippen LogP contribution in [-0.4, -0.2) is 26.8 Å². The lowest BCUT2D eigenvalue weighted by atomic mass is 10.3. The van der Waals surface area contributed by atoms with Crippen molar-refractivity contribution < 1.29 is 12.8 Å². The Morgan fingerprint density at radius 3 is 2.62 bits per heavy atom. The Morgan fingerprint density at radius 2 is 2.05 bits per heavy atom. The van der Waals surface area contributed by atoms with E-state index >= 15 is 0 Å². The minimum absolute atomic E-state index is 0.227. The van der Waals surface area contributed by atoms with Gasteiger partial charge in [0.25, 0.3) is 0 Å². The monoisotopic (exact) mass is 328 g/mol. The Morgan fingerprint density at radius 1 is 1.33 bits per heavy atom. The maximum absolute atomic E-state index is 12.8. The van der Waals surface area contributed by atoms with Gasteiger partial charge in [-0.1, -0.05) is 0 Å². The van der Waals surface area contributed by atoms with Gasteiger partial charge in [-0.05, 0) is 44.0 Å². The van der Waals surface area contributed by atoms with E-state index in [4.69, 9.17) is 4.42 Å². The van der Waals surface area contributed by atoms with Crippen LogP contribution in [0.25, 0.3) is 0 Å². The lowest BCUT2D eigenvalue weighted by Crippen LogP contribution is -2.27. The fraction of sp³-hybridized carbons (Fsp3) is 0.429. The van der Waals surface area contributed by atoms with Crippen molar-refractivity contribution in [3.63, 3.8) is 0 Å². The lowest BCUT2D eigenvalue weighted by Gasteiger charge is -2.17. The molecule has 5 nitrogen and oxygen atoms in total. The van der Waals surface area contributed by atoms with E-state index in [1.54, 1.807) is 20.2 Å². The molecule has 0 aliphatic heterocycles. The van der Waals surface area contributed by atoms with Gasteiger partial charge in [0, 0.05) is 18.5 Å². The fourth-order valence-electron chi connectivity index (χ4n) is 2.15. The number of thiophene rings is 1. The van der Waals surface area contributed by atoms with E-state index in [9.17, 15) is 8.42 Å². The summed E-state index contributed by atoms with van der Waals surface area (Å²) in [5.74, 6) is 1.42. The topological polar surface area (TPSA) is 62.6 Å². The molecule has 2 aromatic rings. The third-order valence-corrected chi connectivity index (χ3v) is 6.44. The molecule has 7 heteroatoms. The molecule has 116 valence electrons. The second kappa shape index (κ2) is 6.31. The third-order valence-electron chi connectivity index (χ3n) is 3.17. The highest BCUT2D eigenvalue weighted by Crippen LogP contribution is 2.29. The first kappa shape index (κ1) is 16.2. The summed E-state index contributed by atoms with van der Waals surface area (Å²) < 4.78 is 32.4. The first-order valence-electron chi connectivity index (χ1n) is 6.59. The fourth-order valence-corrected chi connectivity index (χ4v) is 5.05. The largest absolute Gasteiger partial charge is 0.465 e. The summed E-state index contributed by atoms with van der Waals surface area (Å²) in [7, 11) is -0.141. The summed E-state index contributed by atoms with van der Waals surface area (Å²) in [5.41, 5.74) is 0.785. The maximum atomic E-state index is 12.8.